The van der Waals surface area contributed by atoms with Crippen LogP contribution in [0.2, 0.25) is 0 Å². The molecule has 1 N–H and O–H groups in total. The highest BCUT2D eigenvalue weighted by atomic mass is 32.2. The smallest absolute Gasteiger partial charge is 0.258 e. The molecule has 2 heterocycles. The van der Waals surface area contributed by atoms with Crippen LogP contribution in [0.1, 0.15) is 17.2 Å². The minimum Gasteiger partial charge on any atom is -0.388 e. The summed E-state index contributed by atoms with van der Waals surface area (Å²) in [6.07, 6.45) is 0. The molecule has 3 aromatic rings. The van der Waals surface area contributed by atoms with Gasteiger partial charge in [0.25, 0.3) is 5.89 Å². The predicted molar refractivity (Wildman–Crippen MR) is 81.0 cm³/mol. The molecule has 2 aromatic heterocycles. The first-order valence-electron chi connectivity index (χ1n) is 6.69. The van der Waals surface area contributed by atoms with Gasteiger partial charge in [-0.05, 0) is 18.6 Å². The fraction of sp³-hybridized carbons (Fsp3) is 0.286. The number of aromatic nitrogens is 5. The molecule has 114 valence electrons. The second-order valence-corrected chi connectivity index (χ2v) is 5.68. The maximum Gasteiger partial charge on any atom is 0.258 e. The number of benzene rings is 1. The van der Waals surface area contributed by atoms with Crippen LogP contribution in [-0.4, -0.2) is 30.0 Å². The van der Waals surface area contributed by atoms with Gasteiger partial charge in [0.15, 0.2) is 16.8 Å². The summed E-state index contributed by atoms with van der Waals surface area (Å²) in [5.74, 6) is 2.16. The van der Waals surface area contributed by atoms with Crippen LogP contribution >= 0.6 is 11.8 Å². The highest BCUT2D eigenvalue weighted by molar-refractivity contribution is 7.98. The third-order valence-corrected chi connectivity index (χ3v) is 4.26. The number of rotatable bonds is 5. The molecule has 0 aliphatic heterocycles. The Morgan fingerprint density at radius 2 is 2.09 bits per heavy atom. The molecular formula is C14H15N5O2S. The summed E-state index contributed by atoms with van der Waals surface area (Å²) in [6.45, 7) is 1.87. The van der Waals surface area contributed by atoms with Crippen molar-refractivity contribution in [2.45, 2.75) is 24.4 Å². The molecule has 0 fully saturated rings. The average Bonchev–Trinajstić information content (AvgIpc) is 3.12. The normalized spacial score (nSPS) is 11.0. The largest absolute Gasteiger partial charge is 0.388 e. The van der Waals surface area contributed by atoms with Crippen molar-refractivity contribution in [1.29, 1.82) is 0 Å². The molecule has 8 heteroatoms. The molecule has 0 spiro atoms. The minimum atomic E-state index is -0.135. The Balaban J connectivity index is 1.72. The SMILES string of the molecule is Cc1ccccc1-c1nc(CSc2nnc(CO)n2C)no1. The van der Waals surface area contributed by atoms with Gasteiger partial charge in [0.05, 0.1) is 5.75 Å². The molecule has 0 aliphatic rings. The first-order chi connectivity index (χ1) is 10.7. The number of nitrogens with zero attached hydrogens (tertiary/aromatic N) is 5. The lowest BCUT2D eigenvalue weighted by atomic mass is 10.1. The predicted octanol–water partition coefficient (Wildman–Crippen LogP) is 1.96. The highest BCUT2D eigenvalue weighted by Crippen LogP contribution is 2.24. The van der Waals surface area contributed by atoms with Crippen LogP contribution in [-0.2, 0) is 19.4 Å². The van der Waals surface area contributed by atoms with E-state index in [1.165, 1.54) is 11.8 Å². The first-order valence-corrected chi connectivity index (χ1v) is 7.68. The van der Waals surface area contributed by atoms with Crippen molar-refractivity contribution in [3.8, 4) is 11.5 Å². The maximum absolute atomic E-state index is 9.10. The number of aliphatic hydroxyl groups is 1. The van der Waals surface area contributed by atoms with Gasteiger partial charge in [-0.1, -0.05) is 35.1 Å². The first kappa shape index (κ1) is 14.7. The molecular weight excluding hydrogens is 302 g/mol. The zero-order valence-corrected chi connectivity index (χ0v) is 13.0. The molecule has 0 bridgehead atoms. The summed E-state index contributed by atoms with van der Waals surface area (Å²) in [6, 6.07) is 7.87. The lowest BCUT2D eigenvalue weighted by molar-refractivity contribution is 0.266. The molecule has 0 aliphatic carbocycles. The molecule has 0 unspecified atom stereocenters. The van der Waals surface area contributed by atoms with E-state index in [1.807, 2.05) is 38.2 Å². The number of thioether (sulfide) groups is 1. The quantitative estimate of drug-likeness (QED) is 0.719. The minimum absolute atomic E-state index is 0.135. The van der Waals surface area contributed by atoms with Gasteiger partial charge in [-0.2, -0.15) is 4.98 Å². The van der Waals surface area contributed by atoms with E-state index in [9.17, 15) is 0 Å². The molecule has 7 nitrogen and oxygen atoms in total. The van der Waals surface area contributed by atoms with E-state index in [1.54, 1.807) is 4.57 Å². The van der Waals surface area contributed by atoms with Gasteiger partial charge < -0.3 is 14.2 Å². The van der Waals surface area contributed by atoms with Crippen molar-refractivity contribution >= 4 is 11.8 Å². The van der Waals surface area contributed by atoms with Crippen molar-refractivity contribution in [2.24, 2.45) is 7.05 Å². The third-order valence-electron chi connectivity index (χ3n) is 3.24. The Labute approximate surface area is 131 Å². The van der Waals surface area contributed by atoms with E-state index in [0.29, 0.717) is 28.4 Å². The summed E-state index contributed by atoms with van der Waals surface area (Å²) in [7, 11) is 1.81. The van der Waals surface area contributed by atoms with Crippen LogP contribution in [0.4, 0.5) is 0 Å². The van der Waals surface area contributed by atoms with Gasteiger partial charge in [-0.15, -0.1) is 10.2 Å². The van der Waals surface area contributed by atoms with E-state index < -0.39 is 0 Å². The Hall–Kier alpha value is -2.19. The zero-order chi connectivity index (χ0) is 15.5. The fourth-order valence-corrected chi connectivity index (χ4v) is 2.75. The van der Waals surface area contributed by atoms with Gasteiger partial charge in [-0.25, -0.2) is 0 Å². The number of hydrogen-bond donors (Lipinski definition) is 1. The number of aliphatic hydroxyl groups excluding tert-OH is 1. The van der Waals surface area contributed by atoms with Crippen LogP contribution in [0.25, 0.3) is 11.5 Å². The second-order valence-electron chi connectivity index (χ2n) is 4.74. The Morgan fingerprint density at radius 3 is 2.82 bits per heavy atom. The summed E-state index contributed by atoms with van der Waals surface area (Å²) in [4.78, 5) is 4.41. The van der Waals surface area contributed by atoms with Gasteiger partial charge >= 0.3 is 0 Å². The summed E-state index contributed by atoms with van der Waals surface area (Å²) in [5, 5.41) is 21.7. The summed E-state index contributed by atoms with van der Waals surface area (Å²) in [5.41, 5.74) is 2.03. The summed E-state index contributed by atoms with van der Waals surface area (Å²) >= 11 is 1.44. The number of hydrogen-bond acceptors (Lipinski definition) is 7. The Bertz CT molecular complexity index is 783. The topological polar surface area (TPSA) is 89.9 Å². The Morgan fingerprint density at radius 1 is 1.27 bits per heavy atom. The zero-order valence-electron chi connectivity index (χ0n) is 12.2. The van der Waals surface area contributed by atoms with Crippen LogP contribution in [0.15, 0.2) is 33.9 Å². The highest BCUT2D eigenvalue weighted by Gasteiger charge is 2.13. The monoisotopic (exact) mass is 317 g/mol. The van der Waals surface area contributed by atoms with E-state index in [2.05, 4.69) is 20.3 Å². The standard InChI is InChI=1S/C14H15N5O2S/c1-9-5-3-4-6-10(9)13-15-11(18-21-13)8-22-14-17-16-12(7-20)19(14)2/h3-6,20H,7-8H2,1-2H3. The van der Waals surface area contributed by atoms with Gasteiger partial charge in [-0.3, -0.25) is 0 Å². The van der Waals surface area contributed by atoms with Crippen molar-refractivity contribution in [3.63, 3.8) is 0 Å². The molecule has 0 saturated heterocycles. The molecule has 3 rings (SSSR count). The van der Waals surface area contributed by atoms with E-state index in [0.717, 1.165) is 11.1 Å². The van der Waals surface area contributed by atoms with E-state index in [4.69, 9.17) is 9.63 Å². The van der Waals surface area contributed by atoms with Crippen LogP contribution in [0.3, 0.4) is 0 Å². The second kappa shape index (κ2) is 6.29. The lowest BCUT2D eigenvalue weighted by Gasteiger charge is -1.99. The fourth-order valence-electron chi connectivity index (χ4n) is 1.97. The van der Waals surface area contributed by atoms with E-state index in [-0.39, 0.29) is 6.61 Å². The molecule has 0 saturated carbocycles. The van der Waals surface area contributed by atoms with Crippen molar-refractivity contribution < 1.29 is 9.63 Å². The van der Waals surface area contributed by atoms with Crippen molar-refractivity contribution in [3.05, 3.63) is 41.5 Å². The van der Waals surface area contributed by atoms with Gasteiger partial charge in [0.1, 0.15) is 6.61 Å². The van der Waals surface area contributed by atoms with Crippen molar-refractivity contribution in [2.75, 3.05) is 0 Å². The average molecular weight is 317 g/mol. The summed E-state index contributed by atoms with van der Waals surface area (Å²) < 4.78 is 7.06. The lowest BCUT2D eigenvalue weighted by Crippen LogP contribution is -1.98. The molecule has 1 aromatic carbocycles. The maximum atomic E-state index is 9.10. The van der Waals surface area contributed by atoms with Crippen LogP contribution in [0, 0.1) is 6.92 Å². The Kier molecular flexibility index (Phi) is 4.21. The molecule has 0 amide bonds. The molecule has 22 heavy (non-hydrogen) atoms. The van der Waals surface area contributed by atoms with Crippen molar-refractivity contribution in [1.82, 2.24) is 24.9 Å². The van der Waals surface area contributed by atoms with Crippen LogP contribution in [0.5, 0.6) is 0 Å². The number of aryl methyl sites for hydroxylation is 1. The van der Waals surface area contributed by atoms with E-state index >= 15 is 0 Å². The van der Waals surface area contributed by atoms with Crippen LogP contribution < -0.4 is 0 Å². The molecule has 0 atom stereocenters. The third kappa shape index (κ3) is 2.88. The molecule has 0 radical (unpaired) electrons. The van der Waals surface area contributed by atoms with Gasteiger partial charge in [0.2, 0.25) is 0 Å². The van der Waals surface area contributed by atoms with Gasteiger partial charge in [0, 0.05) is 12.6 Å².